The zero-order valence-corrected chi connectivity index (χ0v) is 17.3. The second-order valence-corrected chi connectivity index (χ2v) is 8.84. The van der Waals surface area contributed by atoms with Crippen molar-refractivity contribution in [1.29, 1.82) is 0 Å². The van der Waals surface area contributed by atoms with Gasteiger partial charge in [-0.3, -0.25) is 14.2 Å². The van der Waals surface area contributed by atoms with Gasteiger partial charge in [0.2, 0.25) is 12.7 Å². The molecule has 29 heavy (non-hydrogen) atoms. The predicted octanol–water partition coefficient (Wildman–Crippen LogP) is 2.95. The van der Waals surface area contributed by atoms with Crippen molar-refractivity contribution in [3.63, 3.8) is 0 Å². The highest BCUT2D eigenvalue weighted by Gasteiger charge is 2.21. The molecule has 4 heterocycles. The number of nitrogens with zero attached hydrogens (tertiary/aromatic N) is 3. The van der Waals surface area contributed by atoms with Crippen LogP contribution in [0, 0.1) is 0 Å². The third-order valence-corrected chi connectivity index (χ3v) is 6.94. The zero-order chi connectivity index (χ0) is 19.8. The molecule has 0 N–H and O–H groups in total. The molecule has 1 amide bonds. The van der Waals surface area contributed by atoms with Crippen LogP contribution in [0.5, 0.6) is 11.5 Å². The lowest BCUT2D eigenvalue weighted by molar-refractivity contribution is -0.127. The summed E-state index contributed by atoms with van der Waals surface area (Å²) >= 11 is 2.72. The molecule has 0 bridgehead atoms. The second-order valence-electron chi connectivity index (χ2n) is 6.98. The van der Waals surface area contributed by atoms with Crippen LogP contribution in [0.2, 0.25) is 0 Å². The molecule has 150 valence electrons. The Morgan fingerprint density at radius 2 is 2.00 bits per heavy atom. The molecule has 1 aromatic carbocycles. The molecule has 1 saturated heterocycles. The van der Waals surface area contributed by atoms with Crippen LogP contribution in [0.25, 0.3) is 10.2 Å². The Balaban J connectivity index is 1.45. The third kappa shape index (κ3) is 3.60. The highest BCUT2D eigenvalue weighted by atomic mass is 32.2. The molecule has 2 aliphatic rings. The molecular weight excluding hydrogens is 410 g/mol. The number of benzene rings is 1. The molecule has 5 rings (SSSR count). The van der Waals surface area contributed by atoms with Gasteiger partial charge in [0.25, 0.3) is 5.56 Å². The number of carbonyl (C=O) groups excluding carboxylic acids is 1. The lowest BCUT2D eigenvalue weighted by Gasteiger charge is -2.16. The molecule has 0 aliphatic carbocycles. The number of ether oxygens (including phenoxy) is 2. The van der Waals surface area contributed by atoms with E-state index in [0.717, 1.165) is 31.5 Å². The van der Waals surface area contributed by atoms with Crippen molar-refractivity contribution < 1.29 is 14.3 Å². The quantitative estimate of drug-likeness (QED) is 0.459. The predicted molar refractivity (Wildman–Crippen MR) is 112 cm³/mol. The van der Waals surface area contributed by atoms with Crippen LogP contribution in [-0.2, 0) is 11.3 Å². The van der Waals surface area contributed by atoms with Gasteiger partial charge in [-0.05, 0) is 42.0 Å². The number of thioether (sulfide) groups is 1. The molecule has 0 unspecified atom stereocenters. The van der Waals surface area contributed by atoms with Crippen molar-refractivity contribution in [2.24, 2.45) is 0 Å². The standard InChI is InChI=1S/C20H19N3O4S2/c24-17(22-6-1-2-7-22)11-29-20-21-14-5-8-28-18(14)19(25)23(20)10-13-3-4-15-16(9-13)27-12-26-15/h3-5,8-9H,1-2,6-7,10-12H2. The van der Waals surface area contributed by atoms with Gasteiger partial charge in [-0.15, -0.1) is 11.3 Å². The van der Waals surface area contributed by atoms with Gasteiger partial charge in [0, 0.05) is 13.1 Å². The van der Waals surface area contributed by atoms with E-state index in [-0.39, 0.29) is 24.0 Å². The zero-order valence-electron chi connectivity index (χ0n) is 15.6. The summed E-state index contributed by atoms with van der Waals surface area (Å²) in [5.74, 6) is 1.77. The van der Waals surface area contributed by atoms with E-state index in [1.165, 1.54) is 23.1 Å². The molecule has 0 radical (unpaired) electrons. The van der Waals surface area contributed by atoms with Gasteiger partial charge >= 0.3 is 0 Å². The van der Waals surface area contributed by atoms with Gasteiger partial charge in [0.05, 0.1) is 17.8 Å². The van der Waals surface area contributed by atoms with E-state index in [1.54, 1.807) is 4.57 Å². The monoisotopic (exact) mass is 429 g/mol. The maximum absolute atomic E-state index is 13.1. The van der Waals surface area contributed by atoms with E-state index < -0.39 is 0 Å². The van der Waals surface area contributed by atoms with Gasteiger partial charge in [0.1, 0.15) is 4.70 Å². The van der Waals surface area contributed by atoms with E-state index in [9.17, 15) is 9.59 Å². The Morgan fingerprint density at radius 3 is 2.86 bits per heavy atom. The maximum atomic E-state index is 13.1. The molecule has 1 fully saturated rings. The molecule has 7 nitrogen and oxygen atoms in total. The highest BCUT2D eigenvalue weighted by Crippen LogP contribution is 2.33. The van der Waals surface area contributed by atoms with Crippen LogP contribution >= 0.6 is 23.1 Å². The molecule has 3 aromatic rings. The average Bonchev–Trinajstić information content (AvgIpc) is 3.49. The van der Waals surface area contributed by atoms with Crippen molar-refractivity contribution in [2.45, 2.75) is 24.5 Å². The Labute approximate surface area is 175 Å². The van der Waals surface area contributed by atoms with Crippen molar-refractivity contribution in [2.75, 3.05) is 25.6 Å². The molecular formula is C20H19N3O4S2. The van der Waals surface area contributed by atoms with Gasteiger partial charge < -0.3 is 14.4 Å². The number of amides is 1. The van der Waals surface area contributed by atoms with E-state index in [0.29, 0.717) is 33.4 Å². The fourth-order valence-corrected chi connectivity index (χ4v) is 5.26. The topological polar surface area (TPSA) is 73.7 Å². The molecule has 0 atom stereocenters. The lowest BCUT2D eigenvalue weighted by Crippen LogP contribution is -2.30. The number of hydrogen-bond donors (Lipinski definition) is 0. The maximum Gasteiger partial charge on any atom is 0.272 e. The van der Waals surface area contributed by atoms with Crippen LogP contribution in [0.3, 0.4) is 0 Å². The summed E-state index contributed by atoms with van der Waals surface area (Å²) in [5.41, 5.74) is 1.51. The Morgan fingerprint density at radius 1 is 1.17 bits per heavy atom. The fourth-order valence-electron chi connectivity index (χ4n) is 3.58. The fraction of sp³-hybridized carbons (Fsp3) is 0.350. The van der Waals surface area contributed by atoms with Crippen molar-refractivity contribution in [3.05, 3.63) is 45.6 Å². The number of rotatable bonds is 5. The number of fused-ring (bicyclic) bond motifs is 2. The summed E-state index contributed by atoms with van der Waals surface area (Å²) in [6, 6.07) is 7.50. The first-order valence-corrected chi connectivity index (χ1v) is 11.3. The van der Waals surface area contributed by atoms with Crippen LogP contribution in [-0.4, -0.2) is 46.0 Å². The van der Waals surface area contributed by atoms with Gasteiger partial charge in [-0.25, -0.2) is 4.98 Å². The molecule has 9 heteroatoms. The van der Waals surface area contributed by atoms with E-state index in [4.69, 9.17) is 9.47 Å². The molecule has 2 aromatic heterocycles. The van der Waals surface area contributed by atoms with Crippen LogP contribution in [0.15, 0.2) is 39.6 Å². The summed E-state index contributed by atoms with van der Waals surface area (Å²) in [7, 11) is 0. The largest absolute Gasteiger partial charge is 0.454 e. The number of aromatic nitrogens is 2. The van der Waals surface area contributed by atoms with Crippen molar-refractivity contribution in [1.82, 2.24) is 14.5 Å². The van der Waals surface area contributed by atoms with Gasteiger partial charge in [0.15, 0.2) is 16.7 Å². The second kappa shape index (κ2) is 7.72. The van der Waals surface area contributed by atoms with Crippen LogP contribution in [0.1, 0.15) is 18.4 Å². The Hall–Kier alpha value is -2.52. The molecule has 2 aliphatic heterocycles. The average molecular weight is 430 g/mol. The summed E-state index contributed by atoms with van der Waals surface area (Å²) in [6.45, 7) is 2.21. The highest BCUT2D eigenvalue weighted by molar-refractivity contribution is 7.99. The first kappa shape index (κ1) is 18.5. The van der Waals surface area contributed by atoms with Gasteiger partial charge in [-0.2, -0.15) is 0 Å². The van der Waals surface area contributed by atoms with Crippen molar-refractivity contribution in [3.8, 4) is 11.5 Å². The Kier molecular flexibility index (Phi) is 4.92. The molecule has 0 spiro atoms. The van der Waals surface area contributed by atoms with Gasteiger partial charge in [-0.1, -0.05) is 17.8 Å². The van der Waals surface area contributed by atoms with Crippen LogP contribution in [0.4, 0.5) is 0 Å². The summed E-state index contributed by atoms with van der Waals surface area (Å²) < 4.78 is 13.1. The van der Waals surface area contributed by atoms with Crippen LogP contribution < -0.4 is 15.0 Å². The Bertz CT molecular complexity index is 1130. The summed E-state index contributed by atoms with van der Waals surface area (Å²) in [6.07, 6.45) is 2.12. The first-order chi connectivity index (χ1) is 14.2. The summed E-state index contributed by atoms with van der Waals surface area (Å²) in [5, 5.41) is 2.43. The minimum absolute atomic E-state index is 0.0845. The van der Waals surface area contributed by atoms with E-state index >= 15 is 0 Å². The van der Waals surface area contributed by atoms with E-state index in [2.05, 4.69) is 4.98 Å². The first-order valence-electron chi connectivity index (χ1n) is 9.46. The minimum atomic E-state index is -0.0845. The number of carbonyl (C=O) groups is 1. The minimum Gasteiger partial charge on any atom is -0.454 e. The smallest absolute Gasteiger partial charge is 0.272 e. The van der Waals surface area contributed by atoms with Crippen molar-refractivity contribution >= 4 is 39.2 Å². The number of likely N-dealkylation sites (tertiary alicyclic amines) is 1. The SMILES string of the molecule is O=C(CSc1nc2ccsc2c(=O)n1Cc1ccc2c(c1)OCO2)N1CCCC1. The van der Waals surface area contributed by atoms with E-state index in [1.807, 2.05) is 34.5 Å². The number of thiophene rings is 1. The third-order valence-electron chi connectivity index (χ3n) is 5.09. The summed E-state index contributed by atoms with van der Waals surface area (Å²) in [4.78, 5) is 32.2. The lowest BCUT2D eigenvalue weighted by atomic mass is 10.2. The molecule has 0 saturated carbocycles. The number of hydrogen-bond acceptors (Lipinski definition) is 7. The normalized spacial score (nSPS) is 15.4.